The molecule has 0 radical (unpaired) electrons. The molecular weight excluding hydrogens is 202 g/mol. The second-order valence-electron chi connectivity index (χ2n) is 4.94. The molecule has 3 heteroatoms. The molecule has 3 nitrogen and oxygen atoms in total. The molecule has 0 heterocycles. The second kappa shape index (κ2) is 7.66. The lowest BCUT2D eigenvalue weighted by Crippen LogP contribution is -2.31. The number of hydrogen-bond donors (Lipinski definition) is 1. The lowest BCUT2D eigenvalue weighted by Gasteiger charge is -2.16. The third-order valence-corrected chi connectivity index (χ3v) is 3.46. The van der Waals surface area contributed by atoms with Crippen molar-refractivity contribution in [3.05, 3.63) is 0 Å². The van der Waals surface area contributed by atoms with Crippen molar-refractivity contribution in [3.8, 4) is 0 Å². The molecule has 0 bridgehead atoms. The number of hydrogen-bond acceptors (Lipinski definition) is 3. The van der Waals surface area contributed by atoms with Gasteiger partial charge < -0.3 is 10.1 Å². The molecule has 0 aromatic heterocycles. The predicted octanol–water partition coefficient (Wildman–Crippen LogP) is 2.36. The van der Waals surface area contributed by atoms with E-state index >= 15 is 0 Å². The van der Waals surface area contributed by atoms with Crippen LogP contribution in [0.2, 0.25) is 0 Å². The summed E-state index contributed by atoms with van der Waals surface area (Å²) in [5.74, 6) is 0.663. The Balaban J connectivity index is 2.11. The quantitative estimate of drug-likeness (QED) is 0.579. The highest BCUT2D eigenvalue weighted by Gasteiger charge is 2.15. The normalized spacial score (nSPS) is 20.1. The van der Waals surface area contributed by atoms with Crippen molar-refractivity contribution >= 4 is 5.97 Å². The molecular formula is C13H25NO2. The van der Waals surface area contributed by atoms with Gasteiger partial charge in [-0.05, 0) is 25.3 Å². The lowest BCUT2D eigenvalue weighted by atomic mass is 10.0. The van der Waals surface area contributed by atoms with Crippen LogP contribution in [0.1, 0.15) is 45.4 Å². The summed E-state index contributed by atoms with van der Waals surface area (Å²) >= 11 is 0. The van der Waals surface area contributed by atoms with Crippen LogP contribution in [0.4, 0.5) is 0 Å². The largest absolute Gasteiger partial charge is 0.469 e. The standard InChI is InChI=1S/C13H25NO2/c1-11(13(15)16-2)9-14-10-12-7-5-3-4-6-8-12/h11-12,14H,3-10H2,1-2H3/t11-/m1/s1. The van der Waals surface area contributed by atoms with Crippen LogP contribution < -0.4 is 5.32 Å². The van der Waals surface area contributed by atoms with Gasteiger partial charge in [-0.25, -0.2) is 0 Å². The van der Waals surface area contributed by atoms with Crippen LogP contribution in [0.25, 0.3) is 0 Å². The molecule has 0 aromatic rings. The summed E-state index contributed by atoms with van der Waals surface area (Å²) in [6.07, 6.45) is 8.24. The monoisotopic (exact) mass is 227 g/mol. The molecule has 1 fully saturated rings. The SMILES string of the molecule is COC(=O)[C@H](C)CNCC1CCCCCC1. The van der Waals surface area contributed by atoms with Crippen LogP contribution >= 0.6 is 0 Å². The van der Waals surface area contributed by atoms with E-state index in [1.54, 1.807) is 0 Å². The van der Waals surface area contributed by atoms with Crippen LogP contribution in [0, 0.1) is 11.8 Å². The van der Waals surface area contributed by atoms with Gasteiger partial charge in [0.15, 0.2) is 0 Å². The van der Waals surface area contributed by atoms with E-state index in [1.165, 1.54) is 45.6 Å². The minimum Gasteiger partial charge on any atom is -0.469 e. The van der Waals surface area contributed by atoms with Gasteiger partial charge in [0.1, 0.15) is 0 Å². The fourth-order valence-electron chi connectivity index (χ4n) is 2.36. The predicted molar refractivity (Wildman–Crippen MR) is 65.2 cm³/mol. The summed E-state index contributed by atoms with van der Waals surface area (Å²) in [4.78, 5) is 11.2. The number of methoxy groups -OCH3 is 1. The van der Waals surface area contributed by atoms with Gasteiger partial charge in [-0.2, -0.15) is 0 Å². The third-order valence-electron chi connectivity index (χ3n) is 3.46. The molecule has 1 aliphatic carbocycles. The van der Waals surface area contributed by atoms with Crippen molar-refractivity contribution in [2.75, 3.05) is 20.2 Å². The molecule has 1 atom stereocenters. The molecule has 16 heavy (non-hydrogen) atoms. The summed E-state index contributed by atoms with van der Waals surface area (Å²) in [5.41, 5.74) is 0. The highest BCUT2D eigenvalue weighted by molar-refractivity contribution is 5.71. The minimum atomic E-state index is -0.117. The van der Waals surface area contributed by atoms with Crippen LogP contribution in [-0.2, 0) is 9.53 Å². The van der Waals surface area contributed by atoms with Crippen molar-refractivity contribution in [2.45, 2.75) is 45.4 Å². The zero-order chi connectivity index (χ0) is 11.8. The lowest BCUT2D eigenvalue weighted by molar-refractivity contribution is -0.144. The summed E-state index contributed by atoms with van der Waals surface area (Å²) < 4.78 is 4.70. The van der Waals surface area contributed by atoms with Gasteiger partial charge in [0.25, 0.3) is 0 Å². The molecule has 0 spiro atoms. The van der Waals surface area contributed by atoms with Crippen LogP contribution in [-0.4, -0.2) is 26.2 Å². The van der Waals surface area contributed by atoms with E-state index in [2.05, 4.69) is 5.32 Å². The maximum absolute atomic E-state index is 11.2. The highest BCUT2D eigenvalue weighted by Crippen LogP contribution is 2.22. The zero-order valence-electron chi connectivity index (χ0n) is 10.6. The molecule has 1 aliphatic rings. The number of carbonyl (C=O) groups is 1. The Hall–Kier alpha value is -0.570. The Kier molecular flexibility index (Phi) is 6.46. The molecule has 0 amide bonds. The number of rotatable bonds is 5. The van der Waals surface area contributed by atoms with Gasteiger partial charge in [-0.3, -0.25) is 4.79 Å². The number of esters is 1. The molecule has 1 rings (SSSR count). The van der Waals surface area contributed by atoms with Gasteiger partial charge >= 0.3 is 5.97 Å². The first-order chi connectivity index (χ1) is 7.74. The number of nitrogens with one attached hydrogen (secondary N) is 1. The van der Waals surface area contributed by atoms with Crippen molar-refractivity contribution in [1.29, 1.82) is 0 Å². The van der Waals surface area contributed by atoms with Crippen molar-refractivity contribution in [3.63, 3.8) is 0 Å². The maximum atomic E-state index is 11.2. The molecule has 0 saturated heterocycles. The van der Waals surface area contributed by atoms with E-state index in [0.717, 1.165) is 19.0 Å². The Morgan fingerprint density at radius 1 is 1.31 bits per heavy atom. The van der Waals surface area contributed by atoms with E-state index in [-0.39, 0.29) is 11.9 Å². The van der Waals surface area contributed by atoms with E-state index in [0.29, 0.717) is 0 Å². The van der Waals surface area contributed by atoms with E-state index in [4.69, 9.17) is 4.74 Å². The van der Waals surface area contributed by atoms with Crippen LogP contribution in [0.15, 0.2) is 0 Å². The molecule has 94 valence electrons. The average Bonchev–Trinajstić information content (AvgIpc) is 2.56. The van der Waals surface area contributed by atoms with Crippen molar-refractivity contribution in [1.82, 2.24) is 5.32 Å². The first-order valence-corrected chi connectivity index (χ1v) is 6.52. The van der Waals surface area contributed by atoms with Gasteiger partial charge in [-0.1, -0.05) is 32.6 Å². The molecule has 1 N–H and O–H groups in total. The summed E-state index contributed by atoms with van der Waals surface area (Å²) in [5, 5.41) is 3.40. The molecule has 0 unspecified atom stereocenters. The van der Waals surface area contributed by atoms with Gasteiger partial charge in [0.05, 0.1) is 13.0 Å². The van der Waals surface area contributed by atoms with Gasteiger partial charge in [-0.15, -0.1) is 0 Å². The zero-order valence-corrected chi connectivity index (χ0v) is 10.6. The minimum absolute atomic E-state index is 0.0317. The number of carbonyl (C=O) groups excluding carboxylic acids is 1. The molecule has 0 aliphatic heterocycles. The Bertz CT molecular complexity index is 198. The first kappa shape index (κ1) is 13.5. The third kappa shape index (κ3) is 4.97. The summed E-state index contributed by atoms with van der Waals surface area (Å²) in [6.45, 7) is 3.70. The fraction of sp³-hybridized carbons (Fsp3) is 0.923. The molecule has 0 aromatic carbocycles. The van der Waals surface area contributed by atoms with Crippen molar-refractivity contribution < 1.29 is 9.53 Å². The van der Waals surface area contributed by atoms with Crippen LogP contribution in [0.3, 0.4) is 0 Å². The summed E-state index contributed by atoms with van der Waals surface area (Å²) in [7, 11) is 1.45. The van der Waals surface area contributed by atoms with E-state index in [9.17, 15) is 4.79 Å². The maximum Gasteiger partial charge on any atom is 0.309 e. The van der Waals surface area contributed by atoms with Gasteiger partial charge in [0.2, 0.25) is 0 Å². The van der Waals surface area contributed by atoms with Crippen LogP contribution in [0.5, 0.6) is 0 Å². The Morgan fingerprint density at radius 3 is 2.50 bits per heavy atom. The average molecular weight is 227 g/mol. The van der Waals surface area contributed by atoms with E-state index in [1.807, 2.05) is 6.92 Å². The van der Waals surface area contributed by atoms with E-state index < -0.39 is 0 Å². The van der Waals surface area contributed by atoms with Gasteiger partial charge in [0, 0.05) is 6.54 Å². The highest BCUT2D eigenvalue weighted by atomic mass is 16.5. The summed E-state index contributed by atoms with van der Waals surface area (Å²) in [6, 6.07) is 0. The second-order valence-corrected chi connectivity index (χ2v) is 4.94. The van der Waals surface area contributed by atoms with Crippen molar-refractivity contribution in [2.24, 2.45) is 11.8 Å². The Morgan fingerprint density at radius 2 is 1.94 bits per heavy atom. The Labute approximate surface area is 98.9 Å². The number of ether oxygens (including phenoxy) is 1. The smallest absolute Gasteiger partial charge is 0.309 e. The topological polar surface area (TPSA) is 38.3 Å². The fourth-order valence-corrected chi connectivity index (χ4v) is 2.36. The first-order valence-electron chi connectivity index (χ1n) is 6.52. The molecule has 1 saturated carbocycles.